The summed E-state index contributed by atoms with van der Waals surface area (Å²) in [6.45, 7) is 4.25. The molecule has 0 amide bonds. The Morgan fingerprint density at radius 2 is 1.58 bits per heavy atom. The average Bonchev–Trinajstić information content (AvgIpc) is 2.41. The van der Waals surface area contributed by atoms with E-state index in [9.17, 15) is 4.79 Å². The highest BCUT2D eigenvalue weighted by Crippen LogP contribution is 2.02. The van der Waals surface area contributed by atoms with E-state index in [1.807, 2.05) is 0 Å². The number of hydrogen-bond donors (Lipinski definition) is 0. The Labute approximate surface area is 126 Å². The zero-order valence-electron chi connectivity index (χ0n) is 12.3. The first-order chi connectivity index (χ1) is 9.31. The van der Waals surface area contributed by atoms with Crippen molar-refractivity contribution in [2.45, 2.75) is 64.7 Å². The summed E-state index contributed by atoms with van der Waals surface area (Å²) in [5.74, 6) is -0.0894. The lowest BCUT2D eigenvalue weighted by Crippen LogP contribution is -2.07. The Morgan fingerprint density at radius 3 is 2.32 bits per heavy atom. The summed E-state index contributed by atoms with van der Waals surface area (Å²) in [5, 5.41) is 1.02. The molecule has 0 heterocycles. The van der Waals surface area contributed by atoms with E-state index in [2.05, 4.69) is 22.9 Å². The van der Waals surface area contributed by atoms with Crippen molar-refractivity contribution >= 4 is 21.9 Å². The maximum Gasteiger partial charge on any atom is 0.305 e. The second-order valence-electron chi connectivity index (χ2n) is 4.75. The first-order valence-corrected chi connectivity index (χ1v) is 8.72. The van der Waals surface area contributed by atoms with E-state index in [0.717, 1.165) is 44.0 Å². The minimum absolute atomic E-state index is 0.0894. The van der Waals surface area contributed by atoms with E-state index in [4.69, 9.17) is 9.47 Å². The standard InChI is InChI=1S/C15H29BrO3/c1-2-3-4-7-12-18-13-9-10-15(17)19-14-8-5-6-11-16/h2-14H2,1H3. The Bertz CT molecular complexity index is 198. The topological polar surface area (TPSA) is 35.5 Å². The number of halogens is 1. The summed E-state index contributed by atoms with van der Waals surface area (Å²) in [4.78, 5) is 11.4. The van der Waals surface area contributed by atoms with Crippen molar-refractivity contribution in [3.8, 4) is 0 Å². The Morgan fingerprint density at radius 1 is 0.895 bits per heavy atom. The van der Waals surface area contributed by atoms with E-state index >= 15 is 0 Å². The van der Waals surface area contributed by atoms with Crippen LogP contribution in [0.15, 0.2) is 0 Å². The molecule has 0 N–H and O–H groups in total. The van der Waals surface area contributed by atoms with Crippen LogP contribution < -0.4 is 0 Å². The maximum atomic E-state index is 11.4. The zero-order chi connectivity index (χ0) is 14.2. The molecule has 4 heteroatoms. The SMILES string of the molecule is CCCCCCOCCCC(=O)OCCCCCBr. The normalized spacial score (nSPS) is 10.6. The lowest BCUT2D eigenvalue weighted by Gasteiger charge is -2.05. The molecule has 0 rings (SSSR count). The number of carbonyl (C=O) groups is 1. The smallest absolute Gasteiger partial charge is 0.305 e. The molecule has 0 aliphatic rings. The fourth-order valence-electron chi connectivity index (χ4n) is 1.68. The van der Waals surface area contributed by atoms with Crippen molar-refractivity contribution in [1.82, 2.24) is 0 Å². The van der Waals surface area contributed by atoms with Crippen LogP contribution in [-0.2, 0) is 14.3 Å². The van der Waals surface area contributed by atoms with Crippen LogP contribution in [0.25, 0.3) is 0 Å². The largest absolute Gasteiger partial charge is 0.466 e. The molecule has 114 valence electrons. The molecule has 0 fully saturated rings. The Kier molecular flexibility index (Phi) is 15.9. The molecule has 0 bridgehead atoms. The predicted molar refractivity (Wildman–Crippen MR) is 82.8 cm³/mol. The molecule has 0 aromatic carbocycles. The fraction of sp³-hybridized carbons (Fsp3) is 0.933. The number of esters is 1. The summed E-state index contributed by atoms with van der Waals surface area (Å²) in [6, 6.07) is 0. The van der Waals surface area contributed by atoms with Gasteiger partial charge >= 0.3 is 5.97 Å². The molecule has 0 saturated heterocycles. The van der Waals surface area contributed by atoms with Gasteiger partial charge in [-0.3, -0.25) is 4.79 Å². The molecule has 19 heavy (non-hydrogen) atoms. The second kappa shape index (κ2) is 16.0. The van der Waals surface area contributed by atoms with E-state index in [1.54, 1.807) is 0 Å². The van der Waals surface area contributed by atoms with Crippen LogP contribution in [0, 0.1) is 0 Å². The number of ether oxygens (including phenoxy) is 2. The highest BCUT2D eigenvalue weighted by Gasteiger charge is 2.02. The first-order valence-electron chi connectivity index (χ1n) is 7.60. The van der Waals surface area contributed by atoms with Gasteiger partial charge in [0.2, 0.25) is 0 Å². The number of carbonyl (C=O) groups excluding carboxylic acids is 1. The number of unbranched alkanes of at least 4 members (excludes halogenated alkanes) is 5. The van der Waals surface area contributed by atoms with Crippen LogP contribution in [0.2, 0.25) is 0 Å². The van der Waals surface area contributed by atoms with Gasteiger partial charge in [-0.05, 0) is 32.1 Å². The van der Waals surface area contributed by atoms with Crippen LogP contribution in [0.3, 0.4) is 0 Å². The highest BCUT2D eigenvalue weighted by atomic mass is 79.9. The van der Waals surface area contributed by atoms with Crippen molar-refractivity contribution in [3.05, 3.63) is 0 Å². The fourth-order valence-corrected chi connectivity index (χ4v) is 2.08. The molecule has 0 unspecified atom stereocenters. The van der Waals surface area contributed by atoms with Gasteiger partial charge in [0.05, 0.1) is 6.61 Å². The highest BCUT2D eigenvalue weighted by molar-refractivity contribution is 9.09. The summed E-state index contributed by atoms with van der Waals surface area (Å²) in [6.07, 6.45) is 9.38. The van der Waals surface area contributed by atoms with Gasteiger partial charge in [-0.2, -0.15) is 0 Å². The minimum Gasteiger partial charge on any atom is -0.466 e. The molecular formula is C15H29BrO3. The van der Waals surface area contributed by atoms with Crippen LogP contribution in [0.5, 0.6) is 0 Å². The van der Waals surface area contributed by atoms with E-state index in [-0.39, 0.29) is 5.97 Å². The van der Waals surface area contributed by atoms with E-state index < -0.39 is 0 Å². The van der Waals surface area contributed by atoms with E-state index in [0.29, 0.717) is 19.6 Å². The zero-order valence-corrected chi connectivity index (χ0v) is 13.9. The third-order valence-electron chi connectivity index (χ3n) is 2.85. The van der Waals surface area contributed by atoms with Crippen LogP contribution in [-0.4, -0.2) is 31.1 Å². The van der Waals surface area contributed by atoms with E-state index in [1.165, 1.54) is 19.3 Å². The Balaban J connectivity index is 3.12. The van der Waals surface area contributed by atoms with Gasteiger partial charge in [-0.25, -0.2) is 0 Å². The van der Waals surface area contributed by atoms with Crippen molar-refractivity contribution < 1.29 is 14.3 Å². The van der Waals surface area contributed by atoms with Gasteiger partial charge in [0.15, 0.2) is 0 Å². The van der Waals surface area contributed by atoms with Gasteiger partial charge in [0, 0.05) is 25.0 Å². The van der Waals surface area contributed by atoms with Gasteiger partial charge in [0.25, 0.3) is 0 Å². The van der Waals surface area contributed by atoms with Crippen molar-refractivity contribution in [2.24, 2.45) is 0 Å². The molecule has 0 aliphatic heterocycles. The van der Waals surface area contributed by atoms with Crippen molar-refractivity contribution in [2.75, 3.05) is 25.2 Å². The molecule has 0 spiro atoms. The van der Waals surface area contributed by atoms with Crippen molar-refractivity contribution in [1.29, 1.82) is 0 Å². The second-order valence-corrected chi connectivity index (χ2v) is 5.54. The Hall–Kier alpha value is -0.0900. The van der Waals surface area contributed by atoms with Gasteiger partial charge in [0.1, 0.15) is 0 Å². The van der Waals surface area contributed by atoms with Crippen LogP contribution in [0.4, 0.5) is 0 Å². The van der Waals surface area contributed by atoms with Gasteiger partial charge < -0.3 is 9.47 Å². The molecule has 0 saturated carbocycles. The lowest BCUT2D eigenvalue weighted by atomic mass is 10.2. The number of rotatable bonds is 14. The third kappa shape index (κ3) is 15.9. The average molecular weight is 337 g/mol. The predicted octanol–water partition coefficient (Wildman–Crippen LogP) is 4.47. The molecule has 3 nitrogen and oxygen atoms in total. The van der Waals surface area contributed by atoms with Crippen LogP contribution in [0.1, 0.15) is 64.7 Å². The quantitative estimate of drug-likeness (QED) is 0.266. The maximum absolute atomic E-state index is 11.4. The lowest BCUT2D eigenvalue weighted by molar-refractivity contribution is -0.144. The van der Waals surface area contributed by atoms with Gasteiger partial charge in [-0.1, -0.05) is 42.1 Å². The number of alkyl halides is 1. The summed E-state index contributed by atoms with van der Waals surface area (Å²) >= 11 is 3.38. The summed E-state index contributed by atoms with van der Waals surface area (Å²) < 4.78 is 10.6. The molecule has 0 radical (unpaired) electrons. The summed E-state index contributed by atoms with van der Waals surface area (Å²) in [5.41, 5.74) is 0. The minimum atomic E-state index is -0.0894. The third-order valence-corrected chi connectivity index (χ3v) is 3.41. The van der Waals surface area contributed by atoms with Crippen molar-refractivity contribution in [3.63, 3.8) is 0 Å². The monoisotopic (exact) mass is 336 g/mol. The number of hydrogen-bond acceptors (Lipinski definition) is 3. The molecule has 0 aromatic rings. The molecule has 0 atom stereocenters. The molecule has 0 aromatic heterocycles. The summed E-state index contributed by atoms with van der Waals surface area (Å²) in [7, 11) is 0. The molecular weight excluding hydrogens is 308 g/mol. The van der Waals surface area contributed by atoms with Gasteiger partial charge in [-0.15, -0.1) is 0 Å². The van der Waals surface area contributed by atoms with Crippen LogP contribution >= 0.6 is 15.9 Å². The first kappa shape index (κ1) is 18.9. The molecule has 0 aliphatic carbocycles.